The Morgan fingerprint density at radius 1 is 1.00 bits per heavy atom. The Hall–Kier alpha value is -3.93. The van der Waals surface area contributed by atoms with Crippen LogP contribution in [0.15, 0.2) is 79.0 Å². The number of hydrogen-bond donors (Lipinski definition) is 2. The number of aromatic nitrogens is 3. The Balaban J connectivity index is 1.44. The number of carbonyl (C=O) groups excluding carboxylic acids is 1. The van der Waals surface area contributed by atoms with Gasteiger partial charge in [0.15, 0.2) is 5.69 Å². The fourth-order valence-corrected chi connectivity index (χ4v) is 3.17. The van der Waals surface area contributed by atoms with Gasteiger partial charge in [-0.3, -0.25) is 9.48 Å². The van der Waals surface area contributed by atoms with Crippen LogP contribution >= 0.6 is 0 Å². The first-order chi connectivity index (χ1) is 14.6. The summed E-state index contributed by atoms with van der Waals surface area (Å²) in [4.78, 5) is 12.7. The maximum Gasteiger partial charge on any atom is 0.277 e. The topological polar surface area (TPSA) is 85.8 Å². The third-order valence-electron chi connectivity index (χ3n) is 4.93. The SMILES string of the molecule is Cc1ccc(CCn2cc(C(=O)Nc3cc(-c4ccccc4)ccc3N)nn2)cc1. The molecule has 1 amide bonds. The number of aryl methyl sites for hydroxylation is 3. The van der Waals surface area contributed by atoms with E-state index in [4.69, 9.17) is 5.73 Å². The highest BCUT2D eigenvalue weighted by Crippen LogP contribution is 2.27. The highest BCUT2D eigenvalue weighted by Gasteiger charge is 2.13. The number of rotatable bonds is 6. The average molecular weight is 397 g/mol. The number of nitrogens with one attached hydrogen (secondary N) is 1. The normalized spacial score (nSPS) is 10.7. The second-order valence-corrected chi connectivity index (χ2v) is 7.22. The van der Waals surface area contributed by atoms with Crippen molar-refractivity contribution in [3.63, 3.8) is 0 Å². The van der Waals surface area contributed by atoms with Gasteiger partial charge < -0.3 is 11.1 Å². The van der Waals surface area contributed by atoms with Crippen LogP contribution in [0.1, 0.15) is 21.6 Å². The minimum atomic E-state index is -0.339. The van der Waals surface area contributed by atoms with Crippen molar-refractivity contribution in [2.45, 2.75) is 19.9 Å². The zero-order valence-corrected chi connectivity index (χ0v) is 16.7. The molecule has 3 N–H and O–H groups in total. The molecule has 0 saturated heterocycles. The van der Waals surface area contributed by atoms with Crippen molar-refractivity contribution in [1.82, 2.24) is 15.0 Å². The first-order valence-electron chi connectivity index (χ1n) is 9.80. The van der Waals surface area contributed by atoms with Crippen LogP contribution in [0.2, 0.25) is 0 Å². The molecule has 30 heavy (non-hydrogen) atoms. The second kappa shape index (κ2) is 8.61. The van der Waals surface area contributed by atoms with Crippen LogP contribution in [0, 0.1) is 6.92 Å². The molecule has 0 unspecified atom stereocenters. The van der Waals surface area contributed by atoms with Crippen LogP contribution in [0.4, 0.5) is 11.4 Å². The molecule has 0 saturated carbocycles. The van der Waals surface area contributed by atoms with Gasteiger partial charge >= 0.3 is 0 Å². The van der Waals surface area contributed by atoms with Crippen molar-refractivity contribution in [2.75, 3.05) is 11.1 Å². The van der Waals surface area contributed by atoms with Gasteiger partial charge in [-0.25, -0.2) is 0 Å². The van der Waals surface area contributed by atoms with Crippen molar-refractivity contribution in [1.29, 1.82) is 0 Å². The minimum absolute atomic E-state index is 0.253. The number of carbonyl (C=O) groups is 1. The molecule has 1 aromatic heterocycles. The Labute approximate surface area is 175 Å². The molecular weight excluding hydrogens is 374 g/mol. The van der Waals surface area contributed by atoms with E-state index in [1.165, 1.54) is 11.1 Å². The van der Waals surface area contributed by atoms with Gasteiger partial charge in [0, 0.05) is 6.54 Å². The number of anilines is 2. The molecule has 0 atom stereocenters. The van der Waals surface area contributed by atoms with E-state index in [1.807, 2.05) is 42.5 Å². The van der Waals surface area contributed by atoms with Crippen molar-refractivity contribution in [3.05, 3.63) is 95.8 Å². The molecular formula is C24H23N5O. The predicted octanol–water partition coefficient (Wildman–Crippen LogP) is 4.33. The van der Waals surface area contributed by atoms with E-state index in [2.05, 4.69) is 46.8 Å². The summed E-state index contributed by atoms with van der Waals surface area (Å²) >= 11 is 0. The average Bonchev–Trinajstić information content (AvgIpc) is 3.25. The number of hydrogen-bond acceptors (Lipinski definition) is 4. The van der Waals surface area contributed by atoms with Crippen LogP contribution in [-0.2, 0) is 13.0 Å². The highest BCUT2D eigenvalue weighted by atomic mass is 16.2. The Kier molecular flexibility index (Phi) is 5.57. The first-order valence-corrected chi connectivity index (χ1v) is 9.80. The van der Waals surface area contributed by atoms with Crippen molar-refractivity contribution in [3.8, 4) is 11.1 Å². The van der Waals surface area contributed by atoms with Gasteiger partial charge in [0.1, 0.15) is 0 Å². The smallest absolute Gasteiger partial charge is 0.277 e. The van der Waals surface area contributed by atoms with Crippen LogP contribution in [0.5, 0.6) is 0 Å². The van der Waals surface area contributed by atoms with Gasteiger partial charge in [-0.2, -0.15) is 0 Å². The predicted molar refractivity (Wildman–Crippen MR) is 119 cm³/mol. The molecule has 0 bridgehead atoms. The number of nitrogens with zero attached hydrogens (tertiary/aromatic N) is 3. The molecule has 150 valence electrons. The fraction of sp³-hybridized carbons (Fsp3) is 0.125. The van der Waals surface area contributed by atoms with Crippen molar-refractivity contribution >= 4 is 17.3 Å². The number of nitrogens with two attached hydrogens (primary N) is 1. The summed E-state index contributed by atoms with van der Waals surface area (Å²) in [6.07, 6.45) is 2.47. The van der Waals surface area contributed by atoms with Crippen molar-refractivity contribution < 1.29 is 4.79 Å². The van der Waals surface area contributed by atoms with E-state index in [0.717, 1.165) is 17.5 Å². The Morgan fingerprint density at radius 2 is 1.77 bits per heavy atom. The third-order valence-corrected chi connectivity index (χ3v) is 4.93. The monoisotopic (exact) mass is 397 g/mol. The summed E-state index contributed by atoms with van der Waals surface area (Å²) in [6, 6.07) is 23.9. The molecule has 0 radical (unpaired) electrons. The van der Waals surface area contributed by atoms with Gasteiger partial charge in [0.25, 0.3) is 5.91 Å². The molecule has 3 aromatic carbocycles. The number of nitrogen functional groups attached to an aromatic ring is 1. The summed E-state index contributed by atoms with van der Waals surface area (Å²) in [6.45, 7) is 2.71. The van der Waals surface area contributed by atoms with Gasteiger partial charge in [0.2, 0.25) is 0 Å². The minimum Gasteiger partial charge on any atom is -0.397 e. The lowest BCUT2D eigenvalue weighted by atomic mass is 10.0. The molecule has 6 heteroatoms. The van der Waals surface area contributed by atoms with Crippen molar-refractivity contribution in [2.24, 2.45) is 0 Å². The second-order valence-electron chi connectivity index (χ2n) is 7.22. The lowest BCUT2D eigenvalue weighted by molar-refractivity contribution is 0.102. The molecule has 0 spiro atoms. The maximum atomic E-state index is 12.7. The molecule has 4 rings (SSSR count). The number of amides is 1. The largest absolute Gasteiger partial charge is 0.397 e. The molecule has 0 aliphatic carbocycles. The molecule has 0 aliphatic heterocycles. The zero-order valence-electron chi connectivity index (χ0n) is 16.7. The van der Waals surface area contributed by atoms with Crippen LogP contribution in [-0.4, -0.2) is 20.9 Å². The molecule has 0 aliphatic rings. The Morgan fingerprint density at radius 3 is 2.53 bits per heavy atom. The molecule has 6 nitrogen and oxygen atoms in total. The van der Waals surface area contributed by atoms with Gasteiger partial charge in [-0.1, -0.05) is 71.4 Å². The molecule has 0 fully saturated rings. The van der Waals surface area contributed by atoms with Gasteiger partial charge in [-0.05, 0) is 42.2 Å². The lowest BCUT2D eigenvalue weighted by Gasteiger charge is -2.09. The standard InChI is InChI=1S/C24H23N5O/c1-17-7-9-18(10-8-17)13-14-29-16-23(27-28-29)24(30)26-22-15-20(11-12-21(22)25)19-5-3-2-4-6-19/h2-12,15-16H,13-14,25H2,1H3,(H,26,30). The fourth-order valence-electron chi connectivity index (χ4n) is 3.17. The zero-order chi connectivity index (χ0) is 20.9. The lowest BCUT2D eigenvalue weighted by Crippen LogP contribution is -2.14. The summed E-state index contributed by atoms with van der Waals surface area (Å²) in [7, 11) is 0. The van der Waals surface area contributed by atoms with Crippen LogP contribution < -0.4 is 11.1 Å². The highest BCUT2D eigenvalue weighted by molar-refractivity contribution is 6.04. The quantitative estimate of drug-likeness (QED) is 0.474. The molecule has 4 aromatic rings. The Bertz CT molecular complexity index is 1150. The van der Waals surface area contributed by atoms with E-state index in [9.17, 15) is 4.79 Å². The van der Waals surface area contributed by atoms with Gasteiger partial charge in [0.05, 0.1) is 17.6 Å². The number of benzene rings is 3. The summed E-state index contributed by atoms with van der Waals surface area (Å²) in [5.41, 5.74) is 11.8. The summed E-state index contributed by atoms with van der Waals surface area (Å²) in [5.74, 6) is -0.339. The van der Waals surface area contributed by atoms with E-state index >= 15 is 0 Å². The third kappa shape index (κ3) is 4.55. The van der Waals surface area contributed by atoms with Gasteiger partial charge in [-0.15, -0.1) is 5.10 Å². The van der Waals surface area contributed by atoms with Crippen LogP contribution in [0.3, 0.4) is 0 Å². The molecule has 1 heterocycles. The van der Waals surface area contributed by atoms with E-state index < -0.39 is 0 Å². The van der Waals surface area contributed by atoms with E-state index in [1.54, 1.807) is 16.9 Å². The summed E-state index contributed by atoms with van der Waals surface area (Å²) in [5, 5.41) is 10.9. The van der Waals surface area contributed by atoms with Crippen LogP contribution in [0.25, 0.3) is 11.1 Å². The maximum absolute atomic E-state index is 12.7. The first kappa shape index (κ1) is 19.4. The van der Waals surface area contributed by atoms with E-state index in [0.29, 0.717) is 17.9 Å². The van der Waals surface area contributed by atoms with E-state index in [-0.39, 0.29) is 11.6 Å². The summed E-state index contributed by atoms with van der Waals surface area (Å²) < 4.78 is 1.68.